The first-order chi connectivity index (χ1) is 9.20. The Morgan fingerprint density at radius 1 is 1.47 bits per heavy atom. The summed E-state index contributed by atoms with van der Waals surface area (Å²) in [5.41, 5.74) is 9.02. The third-order valence-corrected chi connectivity index (χ3v) is 3.51. The van der Waals surface area contributed by atoms with E-state index in [9.17, 15) is 4.79 Å². The highest BCUT2D eigenvalue weighted by Gasteiger charge is 2.18. The summed E-state index contributed by atoms with van der Waals surface area (Å²) in [4.78, 5) is 14.0. The SMILES string of the molecule is CCCCNC(=O)CN1CCCc2ccc(N)cc21. The average Bonchev–Trinajstić information content (AvgIpc) is 2.40. The van der Waals surface area contributed by atoms with Crippen LogP contribution < -0.4 is 16.0 Å². The summed E-state index contributed by atoms with van der Waals surface area (Å²) < 4.78 is 0. The Bertz CT molecular complexity index is 445. The van der Waals surface area contributed by atoms with Crippen LogP contribution in [0.5, 0.6) is 0 Å². The normalized spacial score (nSPS) is 14.1. The highest BCUT2D eigenvalue weighted by Crippen LogP contribution is 2.28. The van der Waals surface area contributed by atoms with Crippen molar-refractivity contribution in [2.75, 3.05) is 30.3 Å². The molecule has 1 heterocycles. The number of amides is 1. The topological polar surface area (TPSA) is 58.4 Å². The second kappa shape index (κ2) is 6.45. The number of benzene rings is 1. The molecule has 0 saturated carbocycles. The van der Waals surface area contributed by atoms with Crippen molar-refractivity contribution >= 4 is 17.3 Å². The first kappa shape index (κ1) is 13.7. The lowest BCUT2D eigenvalue weighted by atomic mass is 10.0. The van der Waals surface area contributed by atoms with E-state index in [4.69, 9.17) is 5.73 Å². The zero-order valence-electron chi connectivity index (χ0n) is 11.6. The van der Waals surface area contributed by atoms with Gasteiger partial charge in [-0.2, -0.15) is 0 Å². The van der Waals surface area contributed by atoms with Gasteiger partial charge >= 0.3 is 0 Å². The largest absolute Gasteiger partial charge is 0.399 e. The number of nitrogens with one attached hydrogen (secondary N) is 1. The summed E-state index contributed by atoms with van der Waals surface area (Å²) >= 11 is 0. The van der Waals surface area contributed by atoms with Crippen LogP contribution in [0, 0.1) is 0 Å². The number of anilines is 2. The Kier molecular flexibility index (Phi) is 4.66. The average molecular weight is 261 g/mol. The van der Waals surface area contributed by atoms with Gasteiger partial charge in [0.05, 0.1) is 6.54 Å². The van der Waals surface area contributed by atoms with E-state index < -0.39 is 0 Å². The minimum absolute atomic E-state index is 0.101. The molecule has 1 aromatic rings. The molecule has 104 valence electrons. The fourth-order valence-corrected chi connectivity index (χ4v) is 2.47. The van der Waals surface area contributed by atoms with Gasteiger partial charge in [0.15, 0.2) is 0 Å². The van der Waals surface area contributed by atoms with Crippen LogP contribution in [-0.4, -0.2) is 25.5 Å². The standard InChI is InChI=1S/C15H23N3O/c1-2-3-8-17-15(19)11-18-9-4-5-12-6-7-13(16)10-14(12)18/h6-7,10H,2-5,8-9,11,16H2,1H3,(H,17,19). The highest BCUT2D eigenvalue weighted by atomic mass is 16.2. The molecular weight excluding hydrogens is 238 g/mol. The molecule has 4 heteroatoms. The first-order valence-electron chi connectivity index (χ1n) is 7.10. The Morgan fingerprint density at radius 2 is 2.32 bits per heavy atom. The van der Waals surface area contributed by atoms with Crippen molar-refractivity contribution in [3.05, 3.63) is 23.8 Å². The van der Waals surface area contributed by atoms with Crippen LogP contribution in [0.1, 0.15) is 31.7 Å². The Balaban J connectivity index is 1.99. The molecule has 0 spiro atoms. The molecule has 0 aromatic heterocycles. The van der Waals surface area contributed by atoms with Gasteiger partial charge < -0.3 is 16.0 Å². The number of nitrogen functional groups attached to an aromatic ring is 1. The van der Waals surface area contributed by atoms with Crippen LogP contribution >= 0.6 is 0 Å². The fraction of sp³-hybridized carbons (Fsp3) is 0.533. The molecule has 0 bridgehead atoms. The summed E-state index contributed by atoms with van der Waals surface area (Å²) in [6.07, 6.45) is 4.31. The summed E-state index contributed by atoms with van der Waals surface area (Å²) in [7, 11) is 0. The minimum Gasteiger partial charge on any atom is -0.399 e. The van der Waals surface area contributed by atoms with Crippen molar-refractivity contribution in [3.8, 4) is 0 Å². The molecular formula is C15H23N3O. The van der Waals surface area contributed by atoms with Crippen molar-refractivity contribution in [2.24, 2.45) is 0 Å². The van der Waals surface area contributed by atoms with Crippen molar-refractivity contribution < 1.29 is 4.79 Å². The molecule has 1 aliphatic heterocycles. The number of aryl methyl sites for hydroxylation is 1. The number of nitrogens with zero attached hydrogens (tertiary/aromatic N) is 1. The van der Waals surface area contributed by atoms with E-state index in [0.717, 1.165) is 50.1 Å². The molecule has 0 saturated heterocycles. The van der Waals surface area contributed by atoms with Gasteiger partial charge in [0.25, 0.3) is 0 Å². The number of rotatable bonds is 5. The van der Waals surface area contributed by atoms with Gasteiger partial charge in [0, 0.05) is 24.5 Å². The number of unbranched alkanes of at least 4 members (excludes halogenated alkanes) is 1. The molecule has 1 amide bonds. The van der Waals surface area contributed by atoms with Gasteiger partial charge in [0.2, 0.25) is 5.91 Å². The Morgan fingerprint density at radius 3 is 3.11 bits per heavy atom. The number of carbonyl (C=O) groups excluding carboxylic acids is 1. The molecule has 2 rings (SSSR count). The third kappa shape index (κ3) is 3.63. The van der Waals surface area contributed by atoms with Crippen LogP contribution in [0.3, 0.4) is 0 Å². The van der Waals surface area contributed by atoms with Gasteiger partial charge in [-0.3, -0.25) is 4.79 Å². The van der Waals surface area contributed by atoms with E-state index in [1.807, 2.05) is 12.1 Å². The molecule has 4 nitrogen and oxygen atoms in total. The van der Waals surface area contributed by atoms with E-state index >= 15 is 0 Å². The molecule has 0 aliphatic carbocycles. The maximum absolute atomic E-state index is 11.9. The number of nitrogens with two attached hydrogens (primary N) is 1. The molecule has 0 atom stereocenters. The maximum Gasteiger partial charge on any atom is 0.239 e. The maximum atomic E-state index is 11.9. The monoisotopic (exact) mass is 261 g/mol. The number of fused-ring (bicyclic) bond motifs is 1. The lowest BCUT2D eigenvalue weighted by Gasteiger charge is -2.31. The zero-order valence-corrected chi connectivity index (χ0v) is 11.6. The fourth-order valence-electron chi connectivity index (χ4n) is 2.47. The molecule has 0 radical (unpaired) electrons. The summed E-state index contributed by atoms with van der Waals surface area (Å²) in [5.74, 6) is 0.101. The Hall–Kier alpha value is -1.71. The van der Waals surface area contributed by atoms with Gasteiger partial charge in [-0.1, -0.05) is 19.4 Å². The Labute approximate surface area is 115 Å². The van der Waals surface area contributed by atoms with Crippen LogP contribution in [0.25, 0.3) is 0 Å². The number of carbonyl (C=O) groups is 1. The predicted molar refractivity (Wildman–Crippen MR) is 79.3 cm³/mol. The molecule has 19 heavy (non-hydrogen) atoms. The number of hydrogen-bond acceptors (Lipinski definition) is 3. The second-order valence-corrected chi connectivity index (χ2v) is 5.12. The van der Waals surface area contributed by atoms with Gasteiger partial charge in [-0.05, 0) is 37.0 Å². The molecule has 1 aromatic carbocycles. The molecule has 1 aliphatic rings. The van der Waals surface area contributed by atoms with Crippen molar-refractivity contribution in [1.29, 1.82) is 0 Å². The third-order valence-electron chi connectivity index (χ3n) is 3.51. The first-order valence-corrected chi connectivity index (χ1v) is 7.10. The summed E-state index contributed by atoms with van der Waals surface area (Å²) in [5, 5.41) is 2.96. The van der Waals surface area contributed by atoms with Crippen molar-refractivity contribution in [2.45, 2.75) is 32.6 Å². The van der Waals surface area contributed by atoms with Gasteiger partial charge in [0.1, 0.15) is 0 Å². The van der Waals surface area contributed by atoms with Crippen LogP contribution in [0.4, 0.5) is 11.4 Å². The lowest BCUT2D eigenvalue weighted by Crippen LogP contribution is -2.40. The van der Waals surface area contributed by atoms with Crippen molar-refractivity contribution in [3.63, 3.8) is 0 Å². The van der Waals surface area contributed by atoms with E-state index in [-0.39, 0.29) is 5.91 Å². The van der Waals surface area contributed by atoms with Crippen LogP contribution in [0.15, 0.2) is 18.2 Å². The molecule has 3 N–H and O–H groups in total. The van der Waals surface area contributed by atoms with Crippen LogP contribution in [0.2, 0.25) is 0 Å². The minimum atomic E-state index is 0.101. The predicted octanol–water partition coefficient (Wildman–Crippen LogP) is 1.94. The van der Waals surface area contributed by atoms with Crippen molar-refractivity contribution in [1.82, 2.24) is 5.32 Å². The summed E-state index contributed by atoms with van der Waals surface area (Å²) in [6.45, 7) is 4.25. The molecule has 0 unspecified atom stereocenters. The van der Waals surface area contributed by atoms with E-state index in [1.165, 1.54) is 5.56 Å². The number of hydrogen-bond donors (Lipinski definition) is 2. The second-order valence-electron chi connectivity index (χ2n) is 5.12. The zero-order chi connectivity index (χ0) is 13.7. The summed E-state index contributed by atoms with van der Waals surface area (Å²) in [6, 6.07) is 5.99. The van der Waals surface area contributed by atoms with Crippen LogP contribution in [-0.2, 0) is 11.2 Å². The lowest BCUT2D eigenvalue weighted by molar-refractivity contribution is -0.119. The van der Waals surface area contributed by atoms with Gasteiger partial charge in [-0.15, -0.1) is 0 Å². The molecule has 0 fully saturated rings. The quantitative estimate of drug-likeness (QED) is 0.629. The van der Waals surface area contributed by atoms with E-state index in [1.54, 1.807) is 0 Å². The highest BCUT2D eigenvalue weighted by molar-refractivity contribution is 5.82. The smallest absolute Gasteiger partial charge is 0.239 e. The van der Waals surface area contributed by atoms with E-state index in [2.05, 4.69) is 23.2 Å². The van der Waals surface area contributed by atoms with E-state index in [0.29, 0.717) is 6.54 Å². The van der Waals surface area contributed by atoms with Gasteiger partial charge in [-0.25, -0.2) is 0 Å².